The Hall–Kier alpha value is -0.640. The zero-order chi connectivity index (χ0) is 8.48. The van der Waals surface area contributed by atoms with E-state index in [1.165, 1.54) is 0 Å². The number of aliphatic hydroxyl groups excluding tert-OH is 1. The van der Waals surface area contributed by atoms with Gasteiger partial charge in [-0.3, -0.25) is 0 Å². The second-order valence-electron chi connectivity index (χ2n) is 2.95. The first-order chi connectivity index (χ1) is 5.07. The molecule has 0 spiro atoms. The molecule has 2 unspecified atom stereocenters. The molecule has 11 heavy (non-hydrogen) atoms. The van der Waals surface area contributed by atoms with Crippen molar-refractivity contribution in [2.24, 2.45) is 11.5 Å². The predicted molar refractivity (Wildman–Crippen MR) is 44.9 cm³/mol. The molecule has 1 aliphatic carbocycles. The van der Waals surface area contributed by atoms with Crippen LogP contribution in [0.15, 0.2) is 24.3 Å². The van der Waals surface area contributed by atoms with E-state index in [0.29, 0.717) is 0 Å². The monoisotopic (exact) mass is 154 g/mol. The van der Waals surface area contributed by atoms with Crippen LogP contribution in [0.3, 0.4) is 0 Å². The molecule has 3 nitrogen and oxygen atoms in total. The van der Waals surface area contributed by atoms with Crippen molar-refractivity contribution in [2.45, 2.75) is 24.6 Å². The van der Waals surface area contributed by atoms with Crippen LogP contribution >= 0.6 is 0 Å². The molecule has 0 aromatic rings. The third kappa shape index (κ3) is 1.35. The lowest BCUT2D eigenvalue weighted by Crippen LogP contribution is -2.60. The topological polar surface area (TPSA) is 72.3 Å². The Morgan fingerprint density at radius 1 is 1.55 bits per heavy atom. The van der Waals surface area contributed by atoms with Gasteiger partial charge in [-0.05, 0) is 6.92 Å². The smallest absolute Gasteiger partial charge is 0.0792 e. The zero-order valence-corrected chi connectivity index (χ0v) is 6.57. The molecular weight excluding hydrogens is 140 g/mol. The molecule has 0 heterocycles. The SMILES string of the molecule is C[C@H](O)C1(N)C=CC=CC1N. The van der Waals surface area contributed by atoms with Gasteiger partial charge in [0.05, 0.1) is 11.6 Å². The molecule has 3 atom stereocenters. The average Bonchev–Trinajstić information content (AvgIpc) is 1.95. The summed E-state index contributed by atoms with van der Waals surface area (Å²) in [6, 6.07) is -0.299. The summed E-state index contributed by atoms with van der Waals surface area (Å²) in [5.41, 5.74) is 10.7. The number of allylic oxidation sites excluding steroid dienone is 2. The molecule has 0 radical (unpaired) electrons. The number of rotatable bonds is 1. The molecule has 5 N–H and O–H groups in total. The van der Waals surface area contributed by atoms with Gasteiger partial charge in [-0.25, -0.2) is 0 Å². The fourth-order valence-electron chi connectivity index (χ4n) is 1.10. The third-order valence-electron chi connectivity index (χ3n) is 2.12. The van der Waals surface area contributed by atoms with Crippen LogP contribution in [-0.4, -0.2) is 22.8 Å². The molecule has 1 rings (SSSR count). The van der Waals surface area contributed by atoms with Gasteiger partial charge in [0.25, 0.3) is 0 Å². The lowest BCUT2D eigenvalue weighted by atomic mass is 9.83. The second-order valence-corrected chi connectivity index (χ2v) is 2.95. The van der Waals surface area contributed by atoms with Gasteiger partial charge in [0.2, 0.25) is 0 Å². The highest BCUT2D eigenvalue weighted by atomic mass is 16.3. The maximum absolute atomic E-state index is 9.32. The van der Waals surface area contributed by atoms with Crippen molar-refractivity contribution in [3.8, 4) is 0 Å². The van der Waals surface area contributed by atoms with E-state index in [1.54, 1.807) is 25.2 Å². The van der Waals surface area contributed by atoms with Crippen LogP contribution in [0.25, 0.3) is 0 Å². The molecule has 0 fully saturated rings. The molecule has 0 aromatic carbocycles. The van der Waals surface area contributed by atoms with Gasteiger partial charge >= 0.3 is 0 Å². The van der Waals surface area contributed by atoms with E-state index in [1.807, 2.05) is 6.08 Å². The molecular formula is C8H14N2O. The normalized spacial score (nSPS) is 39.1. The van der Waals surface area contributed by atoms with E-state index >= 15 is 0 Å². The maximum atomic E-state index is 9.32. The highest BCUT2D eigenvalue weighted by molar-refractivity contribution is 5.27. The standard InChI is InChI=1S/C8H14N2O/c1-6(11)8(10)5-3-2-4-7(8)9/h2-7,11H,9-10H2,1H3/t6-,7?,8?/m0/s1. The van der Waals surface area contributed by atoms with Crippen molar-refractivity contribution in [3.63, 3.8) is 0 Å². The van der Waals surface area contributed by atoms with Crippen molar-refractivity contribution in [3.05, 3.63) is 24.3 Å². The van der Waals surface area contributed by atoms with E-state index < -0.39 is 11.6 Å². The summed E-state index contributed by atoms with van der Waals surface area (Å²) in [5.74, 6) is 0. The number of hydrogen-bond donors (Lipinski definition) is 3. The highest BCUT2D eigenvalue weighted by Crippen LogP contribution is 2.17. The van der Waals surface area contributed by atoms with Crippen LogP contribution in [0, 0.1) is 0 Å². The Morgan fingerprint density at radius 2 is 2.18 bits per heavy atom. The second kappa shape index (κ2) is 2.77. The average molecular weight is 154 g/mol. The Kier molecular flexibility index (Phi) is 2.13. The van der Waals surface area contributed by atoms with E-state index in [9.17, 15) is 5.11 Å². The number of nitrogens with two attached hydrogens (primary N) is 2. The quantitative estimate of drug-likeness (QED) is 0.477. The summed E-state index contributed by atoms with van der Waals surface area (Å²) >= 11 is 0. The van der Waals surface area contributed by atoms with E-state index in [4.69, 9.17) is 11.5 Å². The first kappa shape index (κ1) is 8.46. The van der Waals surface area contributed by atoms with E-state index in [0.717, 1.165) is 0 Å². The molecule has 3 heteroatoms. The van der Waals surface area contributed by atoms with Gasteiger partial charge in [-0.1, -0.05) is 24.3 Å². The molecule has 0 aromatic heterocycles. The summed E-state index contributed by atoms with van der Waals surface area (Å²) in [7, 11) is 0. The minimum atomic E-state index is -0.797. The van der Waals surface area contributed by atoms with Crippen LogP contribution in [0.2, 0.25) is 0 Å². The fraction of sp³-hybridized carbons (Fsp3) is 0.500. The highest BCUT2D eigenvalue weighted by Gasteiger charge is 2.34. The minimum absolute atomic E-state index is 0.299. The third-order valence-corrected chi connectivity index (χ3v) is 2.12. The van der Waals surface area contributed by atoms with Crippen LogP contribution in [0.1, 0.15) is 6.92 Å². The molecule has 0 amide bonds. The van der Waals surface area contributed by atoms with Gasteiger partial charge in [0, 0.05) is 6.04 Å². The summed E-state index contributed by atoms with van der Waals surface area (Å²) in [6.45, 7) is 1.64. The van der Waals surface area contributed by atoms with Crippen molar-refractivity contribution in [1.29, 1.82) is 0 Å². The Balaban J connectivity index is 2.85. The van der Waals surface area contributed by atoms with Gasteiger partial charge < -0.3 is 16.6 Å². The van der Waals surface area contributed by atoms with E-state index in [2.05, 4.69) is 0 Å². The molecule has 0 aliphatic heterocycles. The zero-order valence-electron chi connectivity index (χ0n) is 6.57. The van der Waals surface area contributed by atoms with E-state index in [-0.39, 0.29) is 6.04 Å². The molecule has 0 bridgehead atoms. The summed E-state index contributed by atoms with van der Waals surface area (Å²) in [6.07, 6.45) is 6.53. The predicted octanol–water partition coefficient (Wildman–Crippen LogP) is -0.482. The van der Waals surface area contributed by atoms with Crippen LogP contribution in [0.4, 0.5) is 0 Å². The largest absolute Gasteiger partial charge is 0.391 e. The van der Waals surface area contributed by atoms with Gasteiger partial charge in [-0.15, -0.1) is 0 Å². The fourth-order valence-corrected chi connectivity index (χ4v) is 1.10. The van der Waals surface area contributed by atoms with Crippen molar-refractivity contribution >= 4 is 0 Å². The number of hydrogen-bond acceptors (Lipinski definition) is 3. The first-order valence-corrected chi connectivity index (χ1v) is 3.66. The van der Waals surface area contributed by atoms with Crippen LogP contribution < -0.4 is 11.5 Å². The maximum Gasteiger partial charge on any atom is 0.0792 e. The summed E-state index contributed by atoms with van der Waals surface area (Å²) in [5, 5.41) is 9.32. The first-order valence-electron chi connectivity index (χ1n) is 3.66. The number of aliphatic hydroxyl groups is 1. The molecule has 62 valence electrons. The van der Waals surface area contributed by atoms with Gasteiger partial charge in [0.15, 0.2) is 0 Å². The lowest BCUT2D eigenvalue weighted by Gasteiger charge is -2.34. The molecule has 0 saturated heterocycles. The van der Waals surface area contributed by atoms with Crippen LogP contribution in [0.5, 0.6) is 0 Å². The molecule has 1 aliphatic rings. The lowest BCUT2D eigenvalue weighted by molar-refractivity contribution is 0.119. The molecule has 0 saturated carbocycles. The Bertz CT molecular complexity index is 198. The summed E-state index contributed by atoms with van der Waals surface area (Å²) < 4.78 is 0. The summed E-state index contributed by atoms with van der Waals surface area (Å²) in [4.78, 5) is 0. The van der Waals surface area contributed by atoms with Gasteiger partial charge in [-0.2, -0.15) is 0 Å². The van der Waals surface area contributed by atoms with Crippen molar-refractivity contribution in [1.82, 2.24) is 0 Å². The van der Waals surface area contributed by atoms with Crippen molar-refractivity contribution in [2.75, 3.05) is 0 Å². The van der Waals surface area contributed by atoms with Gasteiger partial charge in [0.1, 0.15) is 0 Å². The Morgan fingerprint density at radius 3 is 2.55 bits per heavy atom. The van der Waals surface area contributed by atoms with Crippen molar-refractivity contribution < 1.29 is 5.11 Å². The minimum Gasteiger partial charge on any atom is -0.391 e. The Labute approximate surface area is 66.4 Å². The van der Waals surface area contributed by atoms with Crippen LogP contribution in [-0.2, 0) is 0 Å².